The zero-order valence-corrected chi connectivity index (χ0v) is 15.7. The molecule has 0 bridgehead atoms. The summed E-state index contributed by atoms with van der Waals surface area (Å²) >= 11 is 3.39. The van der Waals surface area contributed by atoms with Crippen molar-refractivity contribution < 1.29 is 14.1 Å². The minimum Gasteiger partial charge on any atom is -0.497 e. The number of amides is 1. The van der Waals surface area contributed by atoms with Crippen LogP contribution in [-0.4, -0.2) is 31.3 Å². The number of ether oxygens (including phenoxy) is 1. The van der Waals surface area contributed by atoms with E-state index in [9.17, 15) is 4.79 Å². The summed E-state index contributed by atoms with van der Waals surface area (Å²) in [7, 11) is 1.58. The van der Waals surface area contributed by atoms with E-state index in [-0.39, 0.29) is 5.91 Å². The molecule has 0 aliphatic carbocycles. The van der Waals surface area contributed by atoms with Crippen molar-refractivity contribution in [1.29, 1.82) is 0 Å². The highest BCUT2D eigenvalue weighted by Crippen LogP contribution is 2.22. The van der Waals surface area contributed by atoms with Crippen molar-refractivity contribution in [2.45, 2.75) is 26.8 Å². The fraction of sp³-hybridized carbons (Fsp3) is 0.412. The highest BCUT2D eigenvalue weighted by Gasteiger charge is 2.11. The summed E-state index contributed by atoms with van der Waals surface area (Å²) in [6, 6.07) is 5.33. The molecule has 7 heteroatoms. The molecule has 0 aliphatic heterocycles. The van der Waals surface area contributed by atoms with Crippen LogP contribution in [0.3, 0.4) is 0 Å². The van der Waals surface area contributed by atoms with Crippen LogP contribution in [-0.2, 0) is 6.54 Å². The molecule has 0 aliphatic rings. The van der Waals surface area contributed by atoms with Crippen LogP contribution in [0, 0.1) is 13.8 Å². The number of nitrogens with zero attached hydrogens (tertiary/aromatic N) is 1. The molecule has 0 spiro atoms. The standard InChI is InChI=1S/C17H22BrN3O3/c1-11-15(12(2)24-21-11)10-19-7-4-8-20-17(22)14-9-13(23-3)5-6-16(14)18/h5-6,9,19H,4,7-8,10H2,1-3H3,(H,20,22). The third kappa shape index (κ3) is 4.82. The third-order valence-corrected chi connectivity index (χ3v) is 4.41. The number of benzene rings is 1. The second-order valence-electron chi connectivity index (χ2n) is 5.43. The van der Waals surface area contributed by atoms with Gasteiger partial charge in [0.1, 0.15) is 11.5 Å². The van der Waals surface area contributed by atoms with E-state index in [1.165, 1.54) is 0 Å². The summed E-state index contributed by atoms with van der Waals surface area (Å²) in [4.78, 5) is 12.2. The first kappa shape index (κ1) is 18.5. The van der Waals surface area contributed by atoms with Gasteiger partial charge < -0.3 is 19.9 Å². The van der Waals surface area contributed by atoms with Gasteiger partial charge in [0.05, 0.1) is 18.4 Å². The van der Waals surface area contributed by atoms with Crippen LogP contribution in [0.25, 0.3) is 0 Å². The third-order valence-electron chi connectivity index (χ3n) is 3.72. The normalized spacial score (nSPS) is 10.7. The van der Waals surface area contributed by atoms with Crippen molar-refractivity contribution in [3.63, 3.8) is 0 Å². The summed E-state index contributed by atoms with van der Waals surface area (Å²) < 4.78 is 11.0. The van der Waals surface area contributed by atoms with E-state index < -0.39 is 0 Å². The SMILES string of the molecule is COc1ccc(Br)c(C(=O)NCCCNCc2c(C)noc2C)c1. The maximum Gasteiger partial charge on any atom is 0.252 e. The van der Waals surface area contributed by atoms with Gasteiger partial charge in [0.25, 0.3) is 5.91 Å². The summed E-state index contributed by atoms with van der Waals surface area (Å²) in [5.74, 6) is 1.38. The van der Waals surface area contributed by atoms with E-state index >= 15 is 0 Å². The molecule has 24 heavy (non-hydrogen) atoms. The number of methoxy groups -OCH3 is 1. The van der Waals surface area contributed by atoms with Crippen LogP contribution >= 0.6 is 15.9 Å². The number of hydrogen-bond donors (Lipinski definition) is 2. The van der Waals surface area contributed by atoms with Crippen LogP contribution < -0.4 is 15.4 Å². The molecule has 130 valence electrons. The lowest BCUT2D eigenvalue weighted by Crippen LogP contribution is -2.27. The van der Waals surface area contributed by atoms with Gasteiger partial charge in [-0.15, -0.1) is 0 Å². The molecule has 0 radical (unpaired) electrons. The molecule has 0 unspecified atom stereocenters. The van der Waals surface area contributed by atoms with Crippen molar-refractivity contribution in [2.24, 2.45) is 0 Å². The number of nitrogens with one attached hydrogen (secondary N) is 2. The van der Waals surface area contributed by atoms with Gasteiger partial charge in [-0.3, -0.25) is 4.79 Å². The van der Waals surface area contributed by atoms with Gasteiger partial charge in [-0.1, -0.05) is 5.16 Å². The number of rotatable bonds is 8. The van der Waals surface area contributed by atoms with Crippen LogP contribution in [0.15, 0.2) is 27.2 Å². The number of halogens is 1. The molecule has 0 atom stereocenters. The summed E-state index contributed by atoms with van der Waals surface area (Å²) in [5, 5.41) is 10.2. The van der Waals surface area contributed by atoms with Crippen molar-refractivity contribution in [3.05, 3.63) is 45.3 Å². The van der Waals surface area contributed by atoms with E-state index in [1.807, 2.05) is 13.8 Å². The zero-order chi connectivity index (χ0) is 17.5. The summed E-state index contributed by atoms with van der Waals surface area (Å²) in [6.07, 6.45) is 0.830. The lowest BCUT2D eigenvalue weighted by Gasteiger charge is -2.09. The molecule has 1 heterocycles. The second-order valence-corrected chi connectivity index (χ2v) is 6.29. The maximum absolute atomic E-state index is 12.2. The molecular weight excluding hydrogens is 374 g/mol. The van der Waals surface area contributed by atoms with Crippen LogP contribution in [0.4, 0.5) is 0 Å². The Kier molecular flexibility index (Phi) is 6.81. The van der Waals surface area contributed by atoms with E-state index in [4.69, 9.17) is 9.26 Å². The van der Waals surface area contributed by atoms with Gasteiger partial charge in [0.2, 0.25) is 0 Å². The first-order valence-electron chi connectivity index (χ1n) is 7.77. The van der Waals surface area contributed by atoms with Crippen LogP contribution in [0.5, 0.6) is 5.75 Å². The van der Waals surface area contributed by atoms with Gasteiger partial charge in [0, 0.05) is 23.1 Å². The maximum atomic E-state index is 12.2. The molecule has 2 N–H and O–H groups in total. The number of carbonyl (C=O) groups excluding carboxylic acids is 1. The minimum absolute atomic E-state index is 0.119. The summed E-state index contributed by atoms with van der Waals surface area (Å²) in [5.41, 5.74) is 2.58. The Morgan fingerprint density at radius 2 is 2.12 bits per heavy atom. The van der Waals surface area contributed by atoms with Crippen LogP contribution in [0.2, 0.25) is 0 Å². The minimum atomic E-state index is -0.119. The van der Waals surface area contributed by atoms with Crippen molar-refractivity contribution >= 4 is 21.8 Å². The Hall–Kier alpha value is -1.86. The van der Waals surface area contributed by atoms with Gasteiger partial charge in [-0.05, 0) is 60.9 Å². The highest BCUT2D eigenvalue weighted by atomic mass is 79.9. The Bertz CT molecular complexity index is 681. The first-order valence-corrected chi connectivity index (χ1v) is 8.56. The fourth-order valence-electron chi connectivity index (χ4n) is 2.28. The number of hydrogen-bond acceptors (Lipinski definition) is 5. The van der Waals surface area contributed by atoms with Gasteiger partial charge >= 0.3 is 0 Å². The topological polar surface area (TPSA) is 76.4 Å². The number of aromatic nitrogens is 1. The molecule has 0 saturated heterocycles. The van der Waals surface area contributed by atoms with Crippen molar-refractivity contribution in [1.82, 2.24) is 15.8 Å². The van der Waals surface area contributed by atoms with Crippen molar-refractivity contribution in [2.75, 3.05) is 20.2 Å². The lowest BCUT2D eigenvalue weighted by atomic mass is 10.2. The van der Waals surface area contributed by atoms with E-state index in [2.05, 4.69) is 31.7 Å². The largest absolute Gasteiger partial charge is 0.497 e. The molecule has 2 rings (SSSR count). The van der Waals surface area contributed by atoms with E-state index in [0.29, 0.717) is 17.9 Å². The zero-order valence-electron chi connectivity index (χ0n) is 14.1. The van der Waals surface area contributed by atoms with Crippen LogP contribution in [0.1, 0.15) is 33.8 Å². The Labute approximate surface area is 150 Å². The Morgan fingerprint density at radius 1 is 1.33 bits per heavy atom. The average Bonchev–Trinajstić information content (AvgIpc) is 2.89. The quantitative estimate of drug-likeness (QED) is 0.671. The number of aryl methyl sites for hydroxylation is 2. The molecule has 0 fully saturated rings. The predicted molar refractivity (Wildman–Crippen MR) is 95.3 cm³/mol. The van der Waals surface area contributed by atoms with Crippen molar-refractivity contribution in [3.8, 4) is 5.75 Å². The monoisotopic (exact) mass is 395 g/mol. The Morgan fingerprint density at radius 3 is 2.79 bits per heavy atom. The van der Waals surface area contributed by atoms with Gasteiger partial charge in [-0.25, -0.2) is 0 Å². The lowest BCUT2D eigenvalue weighted by molar-refractivity contribution is 0.0952. The summed E-state index contributed by atoms with van der Waals surface area (Å²) in [6.45, 7) is 5.94. The van der Waals surface area contributed by atoms with Gasteiger partial charge in [-0.2, -0.15) is 0 Å². The molecule has 0 saturated carbocycles. The molecule has 2 aromatic rings. The van der Waals surface area contributed by atoms with Gasteiger partial charge in [0.15, 0.2) is 0 Å². The number of carbonyl (C=O) groups is 1. The first-order chi connectivity index (χ1) is 11.5. The fourth-order valence-corrected chi connectivity index (χ4v) is 2.71. The molecule has 6 nitrogen and oxygen atoms in total. The predicted octanol–water partition coefficient (Wildman–Crippen LogP) is 2.97. The molecule has 1 aromatic carbocycles. The average molecular weight is 396 g/mol. The van der Waals surface area contributed by atoms with E-state index in [0.717, 1.165) is 41.0 Å². The Balaban J connectivity index is 1.72. The molecule has 1 amide bonds. The second kappa shape index (κ2) is 8.84. The van der Waals surface area contributed by atoms with E-state index in [1.54, 1.807) is 25.3 Å². The highest BCUT2D eigenvalue weighted by molar-refractivity contribution is 9.10. The molecular formula is C17H22BrN3O3. The smallest absolute Gasteiger partial charge is 0.252 e. The molecule has 1 aromatic heterocycles.